The third-order valence-corrected chi connectivity index (χ3v) is 4.66. The smallest absolute Gasteiger partial charge is 0.127 e. The first kappa shape index (κ1) is 14.8. The van der Waals surface area contributed by atoms with Gasteiger partial charge in [0.15, 0.2) is 0 Å². The Kier molecular flexibility index (Phi) is 5.07. The van der Waals surface area contributed by atoms with Crippen molar-refractivity contribution in [3.63, 3.8) is 0 Å². The number of fused-ring (bicyclic) bond motifs is 1. The Hall–Kier alpha value is -1.16. The third-order valence-electron chi connectivity index (χ3n) is 3.43. The highest BCUT2D eigenvalue weighted by Crippen LogP contribution is 2.32. The lowest BCUT2D eigenvalue weighted by atomic mass is 10.1. The molecular weight excluding hydrogens is 302 g/mol. The maximum atomic E-state index is 6.16. The van der Waals surface area contributed by atoms with Crippen LogP contribution in [0.3, 0.4) is 0 Å². The molecule has 21 heavy (non-hydrogen) atoms. The zero-order valence-corrected chi connectivity index (χ0v) is 13.3. The molecule has 0 saturated heterocycles. The number of rotatable bonds is 6. The quantitative estimate of drug-likeness (QED) is 0.638. The highest BCUT2D eigenvalue weighted by Gasteiger charge is 2.17. The minimum Gasteiger partial charge on any atom is -0.493 e. The highest BCUT2D eigenvalue weighted by atomic mass is 35.5. The largest absolute Gasteiger partial charge is 0.493 e. The number of hydrogen-bond donors (Lipinski definition) is 1. The van der Waals surface area contributed by atoms with Gasteiger partial charge in [0, 0.05) is 40.7 Å². The van der Waals surface area contributed by atoms with Crippen LogP contribution >= 0.6 is 23.4 Å². The lowest BCUT2D eigenvalue weighted by Gasteiger charge is -2.10. The van der Waals surface area contributed by atoms with E-state index in [1.165, 1.54) is 16.0 Å². The van der Waals surface area contributed by atoms with E-state index in [0.717, 1.165) is 42.6 Å². The van der Waals surface area contributed by atoms with Crippen LogP contribution in [0, 0.1) is 0 Å². The van der Waals surface area contributed by atoms with Gasteiger partial charge in [0.1, 0.15) is 5.75 Å². The summed E-state index contributed by atoms with van der Waals surface area (Å²) in [7, 11) is 0. The summed E-state index contributed by atoms with van der Waals surface area (Å²) < 4.78 is 5.71. The van der Waals surface area contributed by atoms with Crippen molar-refractivity contribution in [3.8, 4) is 5.75 Å². The van der Waals surface area contributed by atoms with E-state index in [1.807, 2.05) is 30.0 Å². The Labute approximate surface area is 134 Å². The number of benzene rings is 2. The molecule has 4 heteroatoms. The van der Waals surface area contributed by atoms with Crippen molar-refractivity contribution in [1.82, 2.24) is 5.32 Å². The second kappa shape index (κ2) is 7.21. The highest BCUT2D eigenvalue weighted by molar-refractivity contribution is 7.99. The van der Waals surface area contributed by atoms with E-state index in [1.54, 1.807) is 0 Å². The molecule has 1 aliphatic rings. The van der Waals surface area contributed by atoms with Crippen molar-refractivity contribution in [2.45, 2.75) is 17.9 Å². The number of thioether (sulfide) groups is 1. The molecule has 0 bridgehead atoms. The maximum Gasteiger partial charge on any atom is 0.127 e. The second-order valence-electron chi connectivity index (χ2n) is 4.99. The van der Waals surface area contributed by atoms with Crippen molar-refractivity contribution in [1.29, 1.82) is 0 Å². The zero-order valence-electron chi connectivity index (χ0n) is 11.8. The van der Waals surface area contributed by atoms with Crippen LogP contribution in [0.15, 0.2) is 47.4 Å². The van der Waals surface area contributed by atoms with E-state index in [-0.39, 0.29) is 0 Å². The lowest BCUT2D eigenvalue weighted by molar-refractivity contribution is 0.352. The van der Waals surface area contributed by atoms with Crippen molar-refractivity contribution < 1.29 is 4.74 Å². The lowest BCUT2D eigenvalue weighted by Crippen LogP contribution is -2.17. The molecule has 0 atom stereocenters. The first-order chi connectivity index (χ1) is 10.3. The Balaban J connectivity index is 1.48. The predicted molar refractivity (Wildman–Crippen MR) is 89.5 cm³/mol. The molecule has 2 aromatic rings. The summed E-state index contributed by atoms with van der Waals surface area (Å²) in [4.78, 5) is 1.31. The third kappa shape index (κ3) is 3.94. The SMILES string of the molecule is Clc1cc2c(c(CNCCSc3ccccc3)c1)OCC2. The van der Waals surface area contributed by atoms with Gasteiger partial charge in [0.25, 0.3) is 0 Å². The molecule has 0 radical (unpaired) electrons. The topological polar surface area (TPSA) is 21.3 Å². The number of ether oxygens (including phenoxy) is 1. The van der Waals surface area contributed by atoms with Crippen LogP contribution in [0.1, 0.15) is 11.1 Å². The van der Waals surface area contributed by atoms with Crippen LogP contribution in [0.4, 0.5) is 0 Å². The predicted octanol–water partition coefficient (Wildman–Crippen LogP) is 4.16. The van der Waals surface area contributed by atoms with Crippen LogP contribution in [0.25, 0.3) is 0 Å². The minimum absolute atomic E-state index is 0.770. The first-order valence-electron chi connectivity index (χ1n) is 7.15. The van der Waals surface area contributed by atoms with Gasteiger partial charge in [0.05, 0.1) is 6.61 Å². The van der Waals surface area contributed by atoms with Gasteiger partial charge in [-0.2, -0.15) is 0 Å². The van der Waals surface area contributed by atoms with Gasteiger partial charge in [-0.3, -0.25) is 0 Å². The fourth-order valence-corrected chi connectivity index (χ4v) is 3.55. The van der Waals surface area contributed by atoms with Gasteiger partial charge in [-0.15, -0.1) is 11.8 Å². The summed E-state index contributed by atoms with van der Waals surface area (Å²) in [6.45, 7) is 2.53. The van der Waals surface area contributed by atoms with E-state index < -0.39 is 0 Å². The zero-order chi connectivity index (χ0) is 14.5. The number of halogens is 1. The Bertz CT molecular complexity index is 603. The van der Waals surface area contributed by atoms with Gasteiger partial charge in [-0.1, -0.05) is 29.8 Å². The summed E-state index contributed by atoms with van der Waals surface area (Å²) in [6, 6.07) is 14.5. The summed E-state index contributed by atoms with van der Waals surface area (Å²) in [6.07, 6.45) is 0.965. The summed E-state index contributed by atoms with van der Waals surface area (Å²) in [5.74, 6) is 2.08. The number of hydrogen-bond acceptors (Lipinski definition) is 3. The minimum atomic E-state index is 0.770. The van der Waals surface area contributed by atoms with E-state index in [0.29, 0.717) is 0 Å². The fraction of sp³-hybridized carbons (Fsp3) is 0.294. The van der Waals surface area contributed by atoms with Gasteiger partial charge < -0.3 is 10.1 Å². The van der Waals surface area contributed by atoms with Crippen molar-refractivity contribution in [3.05, 3.63) is 58.6 Å². The monoisotopic (exact) mass is 319 g/mol. The molecule has 0 saturated carbocycles. The number of nitrogens with one attached hydrogen (secondary N) is 1. The average Bonchev–Trinajstić information content (AvgIpc) is 2.96. The molecule has 0 spiro atoms. The molecule has 110 valence electrons. The van der Waals surface area contributed by atoms with Crippen LogP contribution in [-0.2, 0) is 13.0 Å². The van der Waals surface area contributed by atoms with E-state index in [9.17, 15) is 0 Å². The van der Waals surface area contributed by atoms with Crippen LogP contribution < -0.4 is 10.1 Å². The molecule has 0 aliphatic carbocycles. The summed E-state index contributed by atoms with van der Waals surface area (Å²) in [5.41, 5.74) is 2.40. The van der Waals surface area contributed by atoms with Gasteiger partial charge in [0.2, 0.25) is 0 Å². The average molecular weight is 320 g/mol. The van der Waals surface area contributed by atoms with Crippen LogP contribution in [0.2, 0.25) is 5.02 Å². The van der Waals surface area contributed by atoms with Crippen LogP contribution in [-0.4, -0.2) is 18.9 Å². The molecule has 1 N–H and O–H groups in total. The molecule has 0 aromatic heterocycles. The molecule has 2 aromatic carbocycles. The fourth-order valence-electron chi connectivity index (χ4n) is 2.46. The van der Waals surface area contributed by atoms with E-state index >= 15 is 0 Å². The molecule has 0 unspecified atom stereocenters. The van der Waals surface area contributed by atoms with Gasteiger partial charge in [-0.05, 0) is 29.8 Å². The normalized spacial score (nSPS) is 13.0. The van der Waals surface area contributed by atoms with Crippen molar-refractivity contribution >= 4 is 23.4 Å². The molecule has 2 nitrogen and oxygen atoms in total. The molecule has 0 fully saturated rings. The molecular formula is C17H18ClNOS. The standard InChI is InChI=1S/C17H18ClNOS/c18-15-10-13-6-8-20-17(13)14(11-15)12-19-7-9-21-16-4-2-1-3-5-16/h1-5,10-11,19H,6-9,12H2. The van der Waals surface area contributed by atoms with Gasteiger partial charge in [-0.25, -0.2) is 0 Å². The van der Waals surface area contributed by atoms with Crippen molar-refractivity contribution in [2.24, 2.45) is 0 Å². The molecule has 0 amide bonds. The van der Waals surface area contributed by atoms with Gasteiger partial charge >= 0.3 is 0 Å². The maximum absolute atomic E-state index is 6.16. The molecule has 3 rings (SSSR count). The Morgan fingerprint density at radius 3 is 2.90 bits per heavy atom. The Morgan fingerprint density at radius 2 is 2.05 bits per heavy atom. The van der Waals surface area contributed by atoms with Crippen molar-refractivity contribution in [2.75, 3.05) is 18.9 Å². The second-order valence-corrected chi connectivity index (χ2v) is 6.59. The van der Waals surface area contributed by atoms with E-state index in [2.05, 4.69) is 29.6 Å². The summed E-state index contributed by atoms with van der Waals surface area (Å²) >= 11 is 8.03. The first-order valence-corrected chi connectivity index (χ1v) is 8.52. The molecule has 1 aliphatic heterocycles. The van der Waals surface area contributed by atoms with Crippen LogP contribution in [0.5, 0.6) is 5.75 Å². The van der Waals surface area contributed by atoms with E-state index in [4.69, 9.17) is 16.3 Å². The Morgan fingerprint density at radius 1 is 1.19 bits per heavy atom. The summed E-state index contributed by atoms with van der Waals surface area (Å²) in [5, 5.41) is 4.27. The molecule has 1 heterocycles.